The zero-order valence-corrected chi connectivity index (χ0v) is 18.6. The van der Waals surface area contributed by atoms with Crippen molar-refractivity contribution in [2.75, 3.05) is 37.7 Å². The summed E-state index contributed by atoms with van der Waals surface area (Å²) in [6, 6.07) is 12.3. The number of carbonyl (C=O) groups is 3. The number of urea groups is 1. The highest BCUT2D eigenvalue weighted by molar-refractivity contribution is 6.07. The van der Waals surface area contributed by atoms with Crippen LogP contribution in [-0.2, 0) is 17.6 Å². The lowest BCUT2D eigenvalue weighted by Gasteiger charge is -2.37. The Bertz CT molecular complexity index is 1130. The topological polar surface area (TPSA) is 73.0 Å². The van der Waals surface area contributed by atoms with Crippen LogP contribution in [0.25, 0.3) is 0 Å². The molecule has 0 aromatic heterocycles. The fourth-order valence-corrected chi connectivity index (χ4v) is 5.14. The van der Waals surface area contributed by atoms with Crippen molar-refractivity contribution in [2.45, 2.75) is 31.7 Å². The van der Waals surface area contributed by atoms with E-state index in [2.05, 4.69) is 11.4 Å². The molecule has 1 aliphatic carbocycles. The zero-order valence-electron chi connectivity index (χ0n) is 18.6. The molecule has 2 saturated heterocycles. The standard InChI is InChI=1S/C25H27FN4O3/c1-17(31)19-6-7-22(21(26)14-19)29-12-10-28(11-13-29)16-30-23(32)25(27-24(30)33)9-8-18-4-2-3-5-20(18)15-25/h2-7,14H,8-13,15-16H2,1H3,(H,27,33). The van der Waals surface area contributed by atoms with Crippen LogP contribution in [-0.4, -0.2) is 65.9 Å². The van der Waals surface area contributed by atoms with E-state index in [1.54, 1.807) is 12.1 Å². The predicted octanol–water partition coefficient (Wildman–Crippen LogP) is 2.59. The normalized spacial score (nSPS) is 23.1. The van der Waals surface area contributed by atoms with Crippen LogP contribution in [0.15, 0.2) is 42.5 Å². The predicted molar refractivity (Wildman–Crippen MR) is 122 cm³/mol. The molecule has 3 amide bonds. The summed E-state index contributed by atoms with van der Waals surface area (Å²) in [6.07, 6.45) is 1.89. The summed E-state index contributed by atoms with van der Waals surface area (Å²) in [6.45, 7) is 3.98. The molecule has 2 aliphatic heterocycles. The first kappa shape index (κ1) is 21.6. The number of aryl methyl sites for hydroxylation is 1. The minimum absolute atomic E-state index is 0.157. The number of nitrogens with zero attached hydrogens (tertiary/aromatic N) is 3. The van der Waals surface area contributed by atoms with Crippen LogP contribution in [0.3, 0.4) is 0 Å². The second-order valence-corrected chi connectivity index (χ2v) is 9.16. The Morgan fingerprint density at radius 3 is 2.48 bits per heavy atom. The molecule has 2 aromatic rings. The summed E-state index contributed by atoms with van der Waals surface area (Å²) < 4.78 is 14.5. The van der Waals surface area contributed by atoms with E-state index in [4.69, 9.17) is 0 Å². The van der Waals surface area contributed by atoms with Gasteiger partial charge in [-0.3, -0.25) is 14.5 Å². The number of benzene rings is 2. The number of halogens is 1. The molecular weight excluding hydrogens is 423 g/mol. The first-order valence-electron chi connectivity index (χ1n) is 11.3. The number of rotatable bonds is 4. The van der Waals surface area contributed by atoms with Gasteiger partial charge in [-0.15, -0.1) is 0 Å². The van der Waals surface area contributed by atoms with E-state index in [0.29, 0.717) is 50.3 Å². The number of ketones is 1. The zero-order chi connectivity index (χ0) is 23.2. The maximum atomic E-state index is 14.5. The van der Waals surface area contributed by atoms with E-state index in [1.807, 2.05) is 28.0 Å². The number of hydrogen-bond donors (Lipinski definition) is 1. The molecular formula is C25H27FN4O3. The van der Waals surface area contributed by atoms with Gasteiger partial charge in [0, 0.05) is 38.2 Å². The number of Topliss-reactive ketones (excluding diaryl/α,β-unsaturated/α-hetero) is 1. The number of nitrogens with one attached hydrogen (secondary N) is 1. The van der Waals surface area contributed by atoms with Gasteiger partial charge >= 0.3 is 6.03 Å². The summed E-state index contributed by atoms with van der Waals surface area (Å²) in [5.41, 5.74) is 2.32. The Balaban J connectivity index is 1.22. The van der Waals surface area contributed by atoms with Crippen molar-refractivity contribution in [1.82, 2.24) is 15.1 Å². The van der Waals surface area contributed by atoms with E-state index >= 15 is 0 Å². The van der Waals surface area contributed by atoms with Gasteiger partial charge in [0.05, 0.1) is 12.4 Å². The molecule has 0 saturated carbocycles. The first-order valence-corrected chi connectivity index (χ1v) is 11.3. The highest BCUT2D eigenvalue weighted by Crippen LogP contribution is 2.33. The lowest BCUT2D eigenvalue weighted by molar-refractivity contribution is -0.133. The Morgan fingerprint density at radius 2 is 1.79 bits per heavy atom. The fraction of sp³-hybridized carbons (Fsp3) is 0.400. The highest BCUT2D eigenvalue weighted by Gasteiger charge is 2.52. The van der Waals surface area contributed by atoms with Gasteiger partial charge in [-0.1, -0.05) is 24.3 Å². The van der Waals surface area contributed by atoms with E-state index in [1.165, 1.54) is 23.5 Å². The van der Waals surface area contributed by atoms with Gasteiger partial charge in [-0.05, 0) is 49.1 Å². The summed E-state index contributed by atoms with van der Waals surface area (Å²) >= 11 is 0. The van der Waals surface area contributed by atoms with Crippen molar-refractivity contribution < 1.29 is 18.8 Å². The van der Waals surface area contributed by atoms with Crippen LogP contribution >= 0.6 is 0 Å². The van der Waals surface area contributed by atoms with E-state index in [-0.39, 0.29) is 24.4 Å². The molecule has 1 unspecified atom stereocenters. The monoisotopic (exact) mass is 450 g/mol. The average molecular weight is 451 g/mol. The van der Waals surface area contributed by atoms with E-state index in [9.17, 15) is 18.8 Å². The van der Waals surface area contributed by atoms with Crippen LogP contribution in [0.4, 0.5) is 14.9 Å². The quantitative estimate of drug-likeness (QED) is 0.573. The molecule has 33 heavy (non-hydrogen) atoms. The molecule has 0 bridgehead atoms. The van der Waals surface area contributed by atoms with Gasteiger partial charge in [0.15, 0.2) is 5.78 Å². The summed E-state index contributed by atoms with van der Waals surface area (Å²) in [5, 5.41) is 2.98. The highest BCUT2D eigenvalue weighted by atomic mass is 19.1. The van der Waals surface area contributed by atoms with E-state index in [0.717, 1.165) is 12.0 Å². The third-order valence-electron chi connectivity index (χ3n) is 7.09. The summed E-state index contributed by atoms with van der Waals surface area (Å²) in [4.78, 5) is 42.8. The molecule has 5 rings (SSSR count). The van der Waals surface area contributed by atoms with Gasteiger partial charge in [-0.25, -0.2) is 14.1 Å². The molecule has 7 nitrogen and oxygen atoms in total. The van der Waals surface area contributed by atoms with Crippen LogP contribution in [0.1, 0.15) is 34.8 Å². The molecule has 172 valence electrons. The van der Waals surface area contributed by atoms with Crippen LogP contribution in [0, 0.1) is 5.82 Å². The first-order chi connectivity index (χ1) is 15.9. The van der Waals surface area contributed by atoms with Gasteiger partial charge in [0.25, 0.3) is 5.91 Å². The van der Waals surface area contributed by atoms with Crippen LogP contribution in [0.2, 0.25) is 0 Å². The third-order valence-corrected chi connectivity index (χ3v) is 7.09. The smallest absolute Gasteiger partial charge is 0.326 e. The number of piperazine rings is 1. The minimum atomic E-state index is -0.852. The number of carbonyl (C=O) groups excluding carboxylic acids is 3. The second-order valence-electron chi connectivity index (χ2n) is 9.16. The summed E-state index contributed by atoms with van der Waals surface area (Å²) in [7, 11) is 0. The maximum absolute atomic E-state index is 14.5. The van der Waals surface area contributed by atoms with Crippen molar-refractivity contribution in [1.29, 1.82) is 0 Å². The number of imide groups is 1. The van der Waals surface area contributed by atoms with Crippen LogP contribution < -0.4 is 10.2 Å². The Morgan fingerprint density at radius 1 is 1.06 bits per heavy atom. The number of hydrogen-bond acceptors (Lipinski definition) is 5. The van der Waals surface area contributed by atoms with Crippen molar-refractivity contribution >= 4 is 23.4 Å². The lowest BCUT2D eigenvalue weighted by Crippen LogP contribution is -2.53. The van der Waals surface area contributed by atoms with E-state index < -0.39 is 11.4 Å². The molecule has 0 radical (unpaired) electrons. The van der Waals surface area contributed by atoms with Crippen molar-refractivity contribution in [3.8, 4) is 0 Å². The number of amides is 3. The minimum Gasteiger partial charge on any atom is -0.367 e. The molecule has 2 fully saturated rings. The van der Waals surface area contributed by atoms with Crippen LogP contribution in [0.5, 0.6) is 0 Å². The average Bonchev–Trinajstić information content (AvgIpc) is 3.03. The Hall–Kier alpha value is -3.26. The number of fused-ring (bicyclic) bond motifs is 1. The number of anilines is 1. The third kappa shape index (κ3) is 3.88. The fourth-order valence-electron chi connectivity index (χ4n) is 5.14. The molecule has 3 aliphatic rings. The molecule has 1 N–H and O–H groups in total. The molecule has 2 heterocycles. The molecule has 1 spiro atoms. The largest absolute Gasteiger partial charge is 0.367 e. The molecule has 8 heteroatoms. The second kappa shape index (κ2) is 8.26. The molecule has 1 atom stereocenters. The van der Waals surface area contributed by atoms with Crippen molar-refractivity contribution in [3.05, 3.63) is 65.0 Å². The van der Waals surface area contributed by atoms with Crippen molar-refractivity contribution in [3.63, 3.8) is 0 Å². The summed E-state index contributed by atoms with van der Waals surface area (Å²) in [5.74, 6) is -0.738. The van der Waals surface area contributed by atoms with Crippen molar-refractivity contribution in [2.24, 2.45) is 0 Å². The maximum Gasteiger partial charge on any atom is 0.326 e. The Labute approximate surface area is 192 Å². The van der Waals surface area contributed by atoms with Gasteiger partial charge in [0.1, 0.15) is 11.4 Å². The van der Waals surface area contributed by atoms with Gasteiger partial charge in [0.2, 0.25) is 0 Å². The molecule has 2 aromatic carbocycles. The van der Waals surface area contributed by atoms with Gasteiger partial charge in [-0.2, -0.15) is 0 Å². The lowest BCUT2D eigenvalue weighted by atomic mass is 9.78. The SMILES string of the molecule is CC(=O)c1ccc(N2CCN(CN3C(=O)NC4(CCc5ccccc5C4)C3=O)CC2)c(F)c1. The van der Waals surface area contributed by atoms with Gasteiger partial charge < -0.3 is 10.2 Å². The Kier molecular flexibility index (Phi) is 5.40.